The van der Waals surface area contributed by atoms with Gasteiger partial charge in [0.2, 0.25) is 0 Å². The molecule has 1 saturated heterocycles. The Bertz CT molecular complexity index is 479. The van der Waals surface area contributed by atoms with Gasteiger partial charge in [0.25, 0.3) is 0 Å². The molecule has 1 aliphatic rings. The van der Waals surface area contributed by atoms with Crippen molar-refractivity contribution in [3.05, 3.63) is 29.5 Å². The molecule has 0 saturated carbocycles. The Morgan fingerprint density at radius 3 is 2.00 bits per heavy atom. The topological polar surface area (TPSA) is 77.1 Å². The van der Waals surface area contributed by atoms with Crippen molar-refractivity contribution in [2.24, 2.45) is 5.11 Å². The third kappa shape index (κ3) is 2.72. The third-order valence-electron chi connectivity index (χ3n) is 3.62. The minimum absolute atomic E-state index is 0.359. The molecule has 1 aromatic carbocycles. The molecule has 6 nitrogen and oxygen atoms in total. The van der Waals surface area contributed by atoms with Crippen LogP contribution in [0.1, 0.15) is 27.7 Å². The van der Waals surface area contributed by atoms with Gasteiger partial charge in [-0.05, 0) is 45.3 Å². The summed E-state index contributed by atoms with van der Waals surface area (Å²) < 4.78 is 11.8. The van der Waals surface area contributed by atoms with Gasteiger partial charge in [-0.3, -0.25) is 0 Å². The molecule has 0 unspecified atom stereocenters. The van der Waals surface area contributed by atoms with E-state index in [2.05, 4.69) is 5.11 Å². The number of rotatable bonds is 2. The molecule has 0 spiro atoms. The van der Waals surface area contributed by atoms with Crippen LogP contribution < -0.4 is 5.46 Å². The molecule has 102 valence electrons. The molecule has 1 heterocycles. The minimum atomic E-state index is -0.468. The van der Waals surface area contributed by atoms with Gasteiger partial charge in [0.05, 0.1) is 16.3 Å². The van der Waals surface area contributed by atoms with Crippen molar-refractivity contribution in [1.82, 2.24) is 0 Å². The minimum Gasteiger partial charge on any atom is -0.399 e. The van der Waals surface area contributed by atoms with Crippen molar-refractivity contribution in [3.63, 3.8) is 0 Å². The van der Waals surface area contributed by atoms with E-state index in [0.717, 1.165) is 5.46 Å². The Balaban J connectivity index is 2.19. The first-order valence-corrected chi connectivity index (χ1v) is 6.05. The van der Waals surface area contributed by atoms with E-state index in [0.29, 0.717) is 5.69 Å². The van der Waals surface area contributed by atoms with Crippen LogP contribution in [0.4, 0.5) is 5.69 Å². The van der Waals surface area contributed by atoms with Gasteiger partial charge < -0.3 is 14.5 Å². The Labute approximate surface area is 112 Å². The van der Waals surface area contributed by atoms with Crippen LogP contribution in [-0.4, -0.2) is 28.6 Å². The van der Waals surface area contributed by atoms with Gasteiger partial charge in [0.15, 0.2) is 5.02 Å². The zero-order valence-corrected chi connectivity index (χ0v) is 11.5. The van der Waals surface area contributed by atoms with Crippen LogP contribution in [0.15, 0.2) is 29.4 Å². The van der Waals surface area contributed by atoms with Crippen LogP contribution in [0.25, 0.3) is 0 Å². The standard InChI is InChI=1S/C12H17BN2O4/c1-11(2)12(3,4)19-13(18-11)9-5-7-10(8-6-9)14-15(16)17/h5-8H,1-4H3,(H,14,16,17). The molecule has 0 aromatic heterocycles. The first kappa shape index (κ1) is 13.8. The van der Waals surface area contributed by atoms with Crippen LogP contribution >= 0.6 is 0 Å². The van der Waals surface area contributed by atoms with E-state index >= 15 is 0 Å². The maximum absolute atomic E-state index is 10.4. The lowest BCUT2D eigenvalue weighted by atomic mass is 9.79. The number of hydrogen-bond acceptors (Lipinski definition) is 4. The van der Waals surface area contributed by atoms with Crippen LogP contribution in [0, 0.1) is 5.21 Å². The van der Waals surface area contributed by atoms with Crippen LogP contribution in [0.5, 0.6) is 0 Å². The van der Waals surface area contributed by atoms with Crippen molar-refractivity contribution in [2.75, 3.05) is 0 Å². The van der Waals surface area contributed by atoms with Crippen molar-refractivity contribution in [1.29, 1.82) is 0 Å². The first-order chi connectivity index (χ1) is 8.71. The first-order valence-electron chi connectivity index (χ1n) is 6.05. The largest absolute Gasteiger partial charge is 0.494 e. The zero-order chi connectivity index (χ0) is 14.3. The number of benzene rings is 1. The highest BCUT2D eigenvalue weighted by Gasteiger charge is 2.51. The smallest absolute Gasteiger partial charge is 0.399 e. The molecular formula is C12H17BN2O4. The SMILES string of the molecule is CC1(C)OB(c2ccc(/N=[N+](/[O-])O)cc2)OC1(C)C. The molecule has 1 N–H and O–H groups in total. The molecule has 2 rings (SSSR count). The fourth-order valence-electron chi connectivity index (χ4n) is 1.78. The molecule has 0 amide bonds. The van der Waals surface area contributed by atoms with Crippen LogP contribution in [0.2, 0.25) is 0 Å². The summed E-state index contributed by atoms with van der Waals surface area (Å²) in [4.78, 5) is 0. The van der Waals surface area contributed by atoms with E-state index in [4.69, 9.17) is 14.5 Å². The highest BCUT2D eigenvalue weighted by molar-refractivity contribution is 6.62. The van der Waals surface area contributed by atoms with Gasteiger partial charge >= 0.3 is 7.12 Å². The lowest BCUT2D eigenvalue weighted by Gasteiger charge is -2.32. The Kier molecular flexibility index (Phi) is 3.28. The average Bonchev–Trinajstić information content (AvgIpc) is 2.48. The Morgan fingerprint density at radius 1 is 1.11 bits per heavy atom. The second-order valence-corrected chi connectivity index (χ2v) is 5.53. The number of hydrogen-bond donors (Lipinski definition) is 1. The van der Waals surface area contributed by atoms with E-state index in [1.54, 1.807) is 24.3 Å². The summed E-state index contributed by atoms with van der Waals surface area (Å²) in [6.07, 6.45) is 0. The van der Waals surface area contributed by atoms with Crippen LogP contribution in [-0.2, 0) is 9.31 Å². The zero-order valence-electron chi connectivity index (χ0n) is 11.5. The Hall–Kier alpha value is -1.60. The molecule has 1 aromatic rings. The van der Waals surface area contributed by atoms with Gasteiger partial charge in [-0.1, -0.05) is 12.1 Å². The second kappa shape index (κ2) is 4.50. The average molecular weight is 264 g/mol. The molecule has 0 bridgehead atoms. The van der Waals surface area contributed by atoms with Gasteiger partial charge in [-0.2, -0.15) is 0 Å². The fraction of sp³-hybridized carbons (Fsp3) is 0.500. The van der Waals surface area contributed by atoms with E-state index in [1.807, 2.05) is 27.7 Å². The van der Waals surface area contributed by atoms with Gasteiger partial charge in [-0.15, -0.1) is 0 Å². The normalized spacial score (nSPS) is 21.7. The summed E-state index contributed by atoms with van der Waals surface area (Å²) in [6, 6.07) is 6.73. The molecular weight excluding hydrogens is 247 g/mol. The predicted molar refractivity (Wildman–Crippen MR) is 69.7 cm³/mol. The molecule has 0 atom stereocenters. The van der Waals surface area contributed by atoms with E-state index in [1.165, 1.54) is 0 Å². The summed E-state index contributed by atoms with van der Waals surface area (Å²) >= 11 is 0. The van der Waals surface area contributed by atoms with Gasteiger partial charge in [0.1, 0.15) is 5.69 Å². The quantitative estimate of drug-likeness (QED) is 0.503. The molecule has 19 heavy (non-hydrogen) atoms. The maximum atomic E-state index is 10.4. The summed E-state index contributed by atoms with van der Waals surface area (Å²) in [6.45, 7) is 7.94. The number of nitrogens with zero attached hydrogens (tertiary/aromatic N) is 2. The van der Waals surface area contributed by atoms with Crippen molar-refractivity contribution in [3.8, 4) is 0 Å². The molecule has 7 heteroatoms. The fourth-order valence-corrected chi connectivity index (χ4v) is 1.78. The van der Waals surface area contributed by atoms with E-state index in [-0.39, 0.29) is 0 Å². The lowest BCUT2D eigenvalue weighted by Crippen LogP contribution is -2.41. The van der Waals surface area contributed by atoms with Crippen molar-refractivity contribution >= 4 is 18.3 Å². The monoisotopic (exact) mass is 264 g/mol. The summed E-state index contributed by atoms with van der Waals surface area (Å²) in [5.74, 6) is 0. The predicted octanol–water partition coefficient (Wildman–Crippen LogP) is 1.97. The second-order valence-electron chi connectivity index (χ2n) is 5.53. The molecule has 1 aliphatic heterocycles. The van der Waals surface area contributed by atoms with E-state index < -0.39 is 23.3 Å². The van der Waals surface area contributed by atoms with Crippen LogP contribution in [0.3, 0.4) is 0 Å². The highest BCUT2D eigenvalue weighted by atomic mass is 16.8. The van der Waals surface area contributed by atoms with E-state index in [9.17, 15) is 5.21 Å². The van der Waals surface area contributed by atoms with Gasteiger partial charge in [-0.25, -0.2) is 5.21 Å². The molecule has 0 aliphatic carbocycles. The Morgan fingerprint density at radius 2 is 1.58 bits per heavy atom. The van der Waals surface area contributed by atoms with Crippen molar-refractivity contribution < 1.29 is 19.5 Å². The van der Waals surface area contributed by atoms with Crippen molar-refractivity contribution in [2.45, 2.75) is 38.9 Å². The van der Waals surface area contributed by atoms with Gasteiger partial charge in [0, 0.05) is 0 Å². The third-order valence-corrected chi connectivity index (χ3v) is 3.62. The lowest BCUT2D eigenvalue weighted by molar-refractivity contribution is -0.774. The summed E-state index contributed by atoms with van der Waals surface area (Å²) in [5.41, 5.74) is 0.417. The molecule has 1 fully saturated rings. The summed E-state index contributed by atoms with van der Waals surface area (Å²) in [5, 5.41) is 21.7. The highest BCUT2D eigenvalue weighted by Crippen LogP contribution is 2.36. The maximum Gasteiger partial charge on any atom is 0.494 e. The summed E-state index contributed by atoms with van der Waals surface area (Å²) in [7, 11) is -0.448. The molecule has 0 radical (unpaired) electrons.